The summed E-state index contributed by atoms with van der Waals surface area (Å²) in [5.41, 5.74) is 0. The number of nitrogens with zero attached hydrogens (tertiary/aromatic N) is 1. The number of hydrogen-bond acceptors (Lipinski definition) is 4. The third kappa shape index (κ3) is 4.13. The zero-order valence-corrected chi connectivity index (χ0v) is 11.2. The van der Waals surface area contributed by atoms with E-state index in [4.69, 9.17) is 9.47 Å². The number of nitrogens with one attached hydrogen (secondary N) is 1. The van der Waals surface area contributed by atoms with Crippen molar-refractivity contribution >= 4 is 5.91 Å². The van der Waals surface area contributed by atoms with Crippen molar-refractivity contribution in [1.82, 2.24) is 10.2 Å². The number of ether oxygens (including phenoxy) is 2. The number of methoxy groups -OCH3 is 1. The van der Waals surface area contributed by atoms with Gasteiger partial charge in [0.15, 0.2) is 0 Å². The smallest absolute Gasteiger partial charge is 0.236 e. The van der Waals surface area contributed by atoms with Crippen molar-refractivity contribution < 1.29 is 14.3 Å². The monoisotopic (exact) mass is 264 g/mol. The summed E-state index contributed by atoms with van der Waals surface area (Å²) < 4.78 is 10.7. The van der Waals surface area contributed by atoms with Crippen LogP contribution in [0.4, 0.5) is 0 Å². The molecule has 2 rings (SSSR count). The Balaban J connectivity index is 1.77. The van der Waals surface area contributed by atoms with Crippen molar-refractivity contribution in [2.45, 2.75) is 6.42 Å². The Bertz CT molecular complexity index is 406. The van der Waals surface area contributed by atoms with Gasteiger partial charge in [0.25, 0.3) is 0 Å². The lowest BCUT2D eigenvalue weighted by Crippen LogP contribution is -2.37. The molecular formula is C14H20N2O3. The highest BCUT2D eigenvalue weighted by atomic mass is 16.5. The van der Waals surface area contributed by atoms with Gasteiger partial charge in [0.05, 0.1) is 20.2 Å². The molecule has 1 aliphatic rings. The molecule has 5 nitrogen and oxygen atoms in total. The van der Waals surface area contributed by atoms with E-state index in [0.717, 1.165) is 31.0 Å². The maximum atomic E-state index is 11.7. The summed E-state index contributed by atoms with van der Waals surface area (Å²) in [6.45, 7) is 3.28. The Labute approximate surface area is 113 Å². The predicted molar refractivity (Wildman–Crippen MR) is 72.6 cm³/mol. The van der Waals surface area contributed by atoms with E-state index in [1.807, 2.05) is 29.2 Å². The van der Waals surface area contributed by atoms with Crippen LogP contribution in [0.25, 0.3) is 0 Å². The first kappa shape index (κ1) is 13.7. The number of carbonyl (C=O) groups is 1. The second-order valence-corrected chi connectivity index (χ2v) is 4.44. The molecule has 19 heavy (non-hydrogen) atoms. The lowest BCUT2D eigenvalue weighted by atomic mass is 10.3. The summed E-state index contributed by atoms with van der Waals surface area (Å²) in [6, 6.07) is 7.45. The van der Waals surface area contributed by atoms with Crippen LogP contribution in [0.3, 0.4) is 0 Å². The molecule has 0 spiro atoms. The van der Waals surface area contributed by atoms with Gasteiger partial charge in [0.1, 0.15) is 18.1 Å². The average Bonchev–Trinajstić information content (AvgIpc) is 2.65. The second-order valence-electron chi connectivity index (χ2n) is 4.44. The normalized spacial score (nSPS) is 16.1. The number of benzene rings is 1. The number of rotatable bonds is 5. The Kier molecular flexibility index (Phi) is 5.03. The van der Waals surface area contributed by atoms with Gasteiger partial charge in [0, 0.05) is 6.54 Å². The number of hydrogen-bond donors (Lipinski definition) is 1. The van der Waals surface area contributed by atoms with Gasteiger partial charge in [-0.3, -0.25) is 4.79 Å². The molecule has 0 aliphatic carbocycles. The molecule has 1 aromatic carbocycles. The van der Waals surface area contributed by atoms with Crippen LogP contribution in [-0.2, 0) is 4.79 Å². The molecule has 1 aliphatic heterocycles. The zero-order valence-electron chi connectivity index (χ0n) is 11.2. The quantitative estimate of drug-likeness (QED) is 0.858. The fraction of sp³-hybridized carbons (Fsp3) is 0.500. The summed E-state index contributed by atoms with van der Waals surface area (Å²) in [5, 5.41) is 3.10. The van der Waals surface area contributed by atoms with Crippen LogP contribution in [0.1, 0.15) is 6.42 Å². The van der Waals surface area contributed by atoms with Gasteiger partial charge in [-0.1, -0.05) is 0 Å². The van der Waals surface area contributed by atoms with E-state index in [0.29, 0.717) is 19.7 Å². The van der Waals surface area contributed by atoms with Crippen LogP contribution >= 0.6 is 0 Å². The number of amides is 1. The van der Waals surface area contributed by atoms with Gasteiger partial charge >= 0.3 is 0 Å². The second kappa shape index (κ2) is 6.99. The molecule has 0 aromatic heterocycles. The van der Waals surface area contributed by atoms with E-state index in [9.17, 15) is 4.79 Å². The molecule has 0 unspecified atom stereocenters. The maximum Gasteiger partial charge on any atom is 0.236 e. The molecule has 104 valence electrons. The lowest BCUT2D eigenvalue weighted by Gasteiger charge is -2.20. The molecule has 0 bridgehead atoms. The molecule has 1 heterocycles. The summed E-state index contributed by atoms with van der Waals surface area (Å²) in [7, 11) is 1.63. The number of carbonyl (C=O) groups excluding carboxylic acids is 1. The maximum absolute atomic E-state index is 11.7. The molecule has 1 saturated heterocycles. The Morgan fingerprint density at radius 2 is 2.00 bits per heavy atom. The Morgan fingerprint density at radius 1 is 1.26 bits per heavy atom. The van der Waals surface area contributed by atoms with E-state index in [1.54, 1.807) is 7.11 Å². The van der Waals surface area contributed by atoms with E-state index < -0.39 is 0 Å². The van der Waals surface area contributed by atoms with Crippen LogP contribution in [-0.4, -0.2) is 50.7 Å². The van der Waals surface area contributed by atoms with Crippen LogP contribution < -0.4 is 14.8 Å². The third-order valence-electron chi connectivity index (χ3n) is 3.10. The minimum absolute atomic E-state index is 0.149. The first-order valence-corrected chi connectivity index (χ1v) is 6.55. The Hall–Kier alpha value is -1.75. The van der Waals surface area contributed by atoms with E-state index >= 15 is 0 Å². The van der Waals surface area contributed by atoms with Crippen LogP contribution in [0.2, 0.25) is 0 Å². The van der Waals surface area contributed by atoms with Gasteiger partial charge in [-0.15, -0.1) is 0 Å². The summed E-state index contributed by atoms with van der Waals surface area (Å²) in [4.78, 5) is 13.6. The van der Waals surface area contributed by atoms with Crippen LogP contribution in [0.15, 0.2) is 24.3 Å². The standard InChI is InChI=1S/C14H20N2O3/c1-18-12-3-5-13(6-4-12)19-10-9-16-8-2-7-15-11-14(16)17/h3-6,15H,2,7-11H2,1H3. The topological polar surface area (TPSA) is 50.8 Å². The van der Waals surface area contributed by atoms with Crippen LogP contribution in [0, 0.1) is 0 Å². The van der Waals surface area contributed by atoms with E-state index in [-0.39, 0.29) is 5.91 Å². The summed E-state index contributed by atoms with van der Waals surface area (Å²) in [6.07, 6.45) is 0.994. The largest absolute Gasteiger partial charge is 0.497 e. The minimum Gasteiger partial charge on any atom is -0.497 e. The summed E-state index contributed by atoms with van der Waals surface area (Å²) in [5.74, 6) is 1.75. The van der Waals surface area contributed by atoms with Gasteiger partial charge in [-0.05, 0) is 37.2 Å². The molecule has 0 atom stereocenters. The van der Waals surface area contributed by atoms with Crippen molar-refractivity contribution in [1.29, 1.82) is 0 Å². The average molecular weight is 264 g/mol. The van der Waals surface area contributed by atoms with E-state index in [2.05, 4.69) is 5.32 Å². The van der Waals surface area contributed by atoms with Gasteiger partial charge in [0.2, 0.25) is 5.91 Å². The highest BCUT2D eigenvalue weighted by Crippen LogP contribution is 2.16. The van der Waals surface area contributed by atoms with E-state index in [1.165, 1.54) is 0 Å². The molecule has 0 radical (unpaired) electrons. The Morgan fingerprint density at radius 3 is 2.74 bits per heavy atom. The minimum atomic E-state index is 0.149. The van der Waals surface area contributed by atoms with Gasteiger partial charge in [-0.2, -0.15) is 0 Å². The lowest BCUT2D eigenvalue weighted by molar-refractivity contribution is -0.129. The van der Waals surface area contributed by atoms with Crippen molar-refractivity contribution in [3.05, 3.63) is 24.3 Å². The molecule has 1 amide bonds. The fourth-order valence-corrected chi connectivity index (χ4v) is 2.01. The SMILES string of the molecule is COc1ccc(OCCN2CCCNCC2=O)cc1. The first-order chi connectivity index (χ1) is 9.29. The molecular weight excluding hydrogens is 244 g/mol. The van der Waals surface area contributed by atoms with Crippen molar-refractivity contribution in [3.63, 3.8) is 0 Å². The van der Waals surface area contributed by atoms with Crippen molar-refractivity contribution in [2.24, 2.45) is 0 Å². The first-order valence-electron chi connectivity index (χ1n) is 6.55. The predicted octanol–water partition coefficient (Wildman–Crippen LogP) is 0.896. The zero-order chi connectivity index (χ0) is 13.5. The molecule has 1 N–H and O–H groups in total. The highest BCUT2D eigenvalue weighted by molar-refractivity contribution is 5.78. The third-order valence-corrected chi connectivity index (χ3v) is 3.10. The molecule has 1 aromatic rings. The molecule has 0 saturated carbocycles. The van der Waals surface area contributed by atoms with Gasteiger partial charge < -0.3 is 19.7 Å². The fourth-order valence-electron chi connectivity index (χ4n) is 2.01. The highest BCUT2D eigenvalue weighted by Gasteiger charge is 2.15. The van der Waals surface area contributed by atoms with Crippen LogP contribution in [0.5, 0.6) is 11.5 Å². The molecule has 5 heteroatoms. The summed E-state index contributed by atoms with van der Waals surface area (Å²) >= 11 is 0. The van der Waals surface area contributed by atoms with Gasteiger partial charge in [-0.25, -0.2) is 0 Å². The van der Waals surface area contributed by atoms with Crippen molar-refractivity contribution in [3.8, 4) is 11.5 Å². The molecule has 1 fully saturated rings. The van der Waals surface area contributed by atoms with Crippen molar-refractivity contribution in [2.75, 3.05) is 39.9 Å².